The molecule has 0 amide bonds. The van der Waals surface area contributed by atoms with Crippen molar-refractivity contribution in [1.29, 1.82) is 0 Å². The molecule has 2 rings (SSSR count). The summed E-state index contributed by atoms with van der Waals surface area (Å²) >= 11 is 7.03. The van der Waals surface area contributed by atoms with Gasteiger partial charge in [-0.05, 0) is 19.4 Å². The highest BCUT2D eigenvalue weighted by atomic mass is 32.2. The second kappa shape index (κ2) is 9.40. The van der Waals surface area contributed by atoms with Gasteiger partial charge in [0.05, 0.1) is 0 Å². The number of hydrogen-bond acceptors (Lipinski definition) is 3. The van der Waals surface area contributed by atoms with Crippen LogP contribution in [-0.4, -0.2) is 28.1 Å². The van der Waals surface area contributed by atoms with E-state index >= 15 is 0 Å². The summed E-state index contributed by atoms with van der Waals surface area (Å²) in [5, 5.41) is 0. The monoisotopic (exact) mass is 355 g/mol. The van der Waals surface area contributed by atoms with Crippen LogP contribution < -0.4 is 0 Å². The number of thioether (sulfide) groups is 1. The van der Waals surface area contributed by atoms with E-state index in [1.54, 1.807) is 6.08 Å². The molecule has 0 fully saturated rings. The van der Waals surface area contributed by atoms with Gasteiger partial charge in [-0.25, -0.2) is 0 Å². The number of hydrogen-bond donors (Lipinski definition) is 0. The third-order valence-corrected chi connectivity index (χ3v) is 5.11. The number of carbonyl (C=O) groups excluding carboxylic acids is 1. The molecule has 0 aliphatic carbocycles. The van der Waals surface area contributed by atoms with Gasteiger partial charge in [-0.1, -0.05) is 84.6 Å². The maximum atomic E-state index is 12.6. The molecule has 0 aromatic heterocycles. The van der Waals surface area contributed by atoms with Gasteiger partial charge in [0.15, 0.2) is 5.78 Å². The Morgan fingerprint density at radius 2 is 1.46 bits per heavy atom. The molecule has 0 spiro atoms. The normalized spacial score (nSPS) is 11.2. The van der Waals surface area contributed by atoms with E-state index in [4.69, 9.17) is 12.2 Å². The zero-order valence-corrected chi connectivity index (χ0v) is 15.6. The first kappa shape index (κ1) is 18.4. The van der Waals surface area contributed by atoms with Crippen molar-refractivity contribution >= 4 is 39.0 Å². The molecule has 24 heavy (non-hydrogen) atoms. The van der Waals surface area contributed by atoms with Crippen molar-refractivity contribution in [3.8, 4) is 0 Å². The number of rotatable bonds is 6. The van der Waals surface area contributed by atoms with Gasteiger partial charge in [0.25, 0.3) is 0 Å². The first-order valence-corrected chi connectivity index (χ1v) is 9.21. The van der Waals surface area contributed by atoms with Gasteiger partial charge in [-0.2, -0.15) is 0 Å². The lowest BCUT2D eigenvalue weighted by molar-refractivity contribution is 0.104. The third kappa shape index (κ3) is 5.05. The summed E-state index contributed by atoms with van der Waals surface area (Å²) in [4.78, 5) is 15.6. The van der Waals surface area contributed by atoms with Crippen LogP contribution >= 0.6 is 24.0 Å². The predicted molar refractivity (Wildman–Crippen MR) is 108 cm³/mol. The SMILES string of the molecule is CCN(CC)C(=S)S/C(=C\C(=O)c1ccccc1)c1ccccc1. The molecule has 0 aliphatic heterocycles. The van der Waals surface area contributed by atoms with Crippen molar-refractivity contribution in [2.45, 2.75) is 13.8 Å². The molecule has 0 heterocycles. The molecular formula is C20H21NOS2. The summed E-state index contributed by atoms with van der Waals surface area (Å²) in [5.74, 6) is -0.00991. The molecule has 2 aromatic carbocycles. The fraction of sp³-hybridized carbons (Fsp3) is 0.200. The molecule has 4 heteroatoms. The van der Waals surface area contributed by atoms with E-state index in [2.05, 4.69) is 18.7 Å². The van der Waals surface area contributed by atoms with E-state index in [9.17, 15) is 4.79 Å². The number of nitrogens with zero attached hydrogens (tertiary/aromatic N) is 1. The minimum atomic E-state index is -0.00991. The zero-order valence-electron chi connectivity index (χ0n) is 13.9. The van der Waals surface area contributed by atoms with Gasteiger partial charge >= 0.3 is 0 Å². The Labute approximate surface area is 153 Å². The lowest BCUT2D eigenvalue weighted by Crippen LogP contribution is -2.26. The Morgan fingerprint density at radius 3 is 1.96 bits per heavy atom. The highest BCUT2D eigenvalue weighted by Gasteiger charge is 2.13. The van der Waals surface area contributed by atoms with Crippen LogP contribution in [0.5, 0.6) is 0 Å². The minimum Gasteiger partial charge on any atom is -0.358 e. The Hall–Kier alpha value is -1.91. The number of thiocarbonyl (C=S) groups is 1. The molecule has 0 saturated carbocycles. The summed E-state index contributed by atoms with van der Waals surface area (Å²) in [7, 11) is 0. The number of carbonyl (C=O) groups is 1. The summed E-state index contributed by atoms with van der Waals surface area (Å²) in [5.41, 5.74) is 1.68. The number of ketones is 1. The van der Waals surface area contributed by atoms with Crippen LogP contribution in [0.25, 0.3) is 4.91 Å². The highest BCUT2D eigenvalue weighted by Crippen LogP contribution is 2.30. The van der Waals surface area contributed by atoms with Crippen LogP contribution in [0.1, 0.15) is 29.8 Å². The smallest absolute Gasteiger partial charge is 0.186 e. The fourth-order valence-electron chi connectivity index (χ4n) is 2.22. The average molecular weight is 356 g/mol. The van der Waals surface area contributed by atoms with Crippen LogP contribution in [0.4, 0.5) is 0 Å². The first-order chi connectivity index (χ1) is 11.7. The van der Waals surface area contributed by atoms with E-state index in [0.717, 1.165) is 27.9 Å². The molecule has 0 bridgehead atoms. The molecule has 2 nitrogen and oxygen atoms in total. The Balaban J connectivity index is 2.31. The number of allylic oxidation sites excluding steroid dienone is 1. The van der Waals surface area contributed by atoms with Crippen LogP contribution in [0.15, 0.2) is 66.7 Å². The van der Waals surface area contributed by atoms with Crippen molar-refractivity contribution in [3.05, 3.63) is 77.9 Å². The second-order valence-corrected chi connectivity index (χ2v) is 6.82. The van der Waals surface area contributed by atoms with Gasteiger partial charge in [0.2, 0.25) is 0 Å². The van der Waals surface area contributed by atoms with Gasteiger partial charge in [0, 0.05) is 29.6 Å². The molecular weight excluding hydrogens is 334 g/mol. The lowest BCUT2D eigenvalue weighted by atomic mass is 10.1. The topological polar surface area (TPSA) is 20.3 Å². The molecule has 0 saturated heterocycles. The van der Waals surface area contributed by atoms with Gasteiger partial charge in [-0.3, -0.25) is 4.79 Å². The predicted octanol–water partition coefficient (Wildman–Crippen LogP) is 5.27. The summed E-state index contributed by atoms with van der Waals surface area (Å²) in [6.45, 7) is 5.88. The largest absolute Gasteiger partial charge is 0.358 e. The lowest BCUT2D eigenvalue weighted by Gasteiger charge is -2.21. The Morgan fingerprint density at radius 1 is 0.958 bits per heavy atom. The van der Waals surface area contributed by atoms with Crippen LogP contribution in [0.3, 0.4) is 0 Å². The highest BCUT2D eigenvalue weighted by molar-refractivity contribution is 8.29. The van der Waals surface area contributed by atoms with Crippen molar-refractivity contribution < 1.29 is 4.79 Å². The van der Waals surface area contributed by atoms with Crippen LogP contribution in [0.2, 0.25) is 0 Å². The summed E-state index contributed by atoms with van der Waals surface area (Å²) in [6.07, 6.45) is 1.69. The standard InChI is InChI=1S/C20H21NOS2/c1-3-21(4-2)20(23)24-19(17-13-9-6-10-14-17)15-18(22)16-11-7-5-8-12-16/h5-15H,3-4H2,1-2H3/b19-15-. The molecule has 0 aliphatic rings. The molecule has 0 atom stereocenters. The Bertz CT molecular complexity index is 707. The zero-order chi connectivity index (χ0) is 17.4. The van der Waals surface area contributed by atoms with E-state index in [0.29, 0.717) is 5.56 Å². The van der Waals surface area contributed by atoms with E-state index < -0.39 is 0 Å². The first-order valence-electron chi connectivity index (χ1n) is 7.99. The van der Waals surface area contributed by atoms with Gasteiger partial charge < -0.3 is 4.90 Å². The van der Waals surface area contributed by atoms with E-state index in [1.165, 1.54) is 11.8 Å². The van der Waals surface area contributed by atoms with Crippen LogP contribution in [0, 0.1) is 0 Å². The van der Waals surface area contributed by atoms with Crippen molar-refractivity contribution in [3.63, 3.8) is 0 Å². The Kier molecular flexibility index (Phi) is 7.22. The molecule has 0 unspecified atom stereocenters. The molecule has 0 N–H and O–H groups in total. The summed E-state index contributed by atoms with van der Waals surface area (Å²) < 4.78 is 0.788. The fourth-order valence-corrected chi connectivity index (χ4v) is 3.74. The maximum absolute atomic E-state index is 12.6. The maximum Gasteiger partial charge on any atom is 0.186 e. The van der Waals surface area contributed by atoms with Crippen LogP contribution in [-0.2, 0) is 0 Å². The number of benzene rings is 2. The van der Waals surface area contributed by atoms with Crippen molar-refractivity contribution in [1.82, 2.24) is 4.90 Å². The molecule has 124 valence electrons. The molecule has 2 aromatic rings. The van der Waals surface area contributed by atoms with Crippen molar-refractivity contribution in [2.24, 2.45) is 0 Å². The quantitative estimate of drug-likeness (QED) is 0.399. The average Bonchev–Trinajstić information content (AvgIpc) is 2.63. The van der Waals surface area contributed by atoms with Crippen molar-refractivity contribution in [2.75, 3.05) is 13.1 Å². The summed E-state index contributed by atoms with van der Waals surface area (Å²) in [6, 6.07) is 19.2. The van der Waals surface area contributed by atoms with E-state index in [1.807, 2.05) is 60.7 Å². The second-order valence-electron chi connectivity index (χ2n) is 5.15. The minimum absolute atomic E-state index is 0.00991. The van der Waals surface area contributed by atoms with Gasteiger partial charge in [0.1, 0.15) is 4.32 Å². The van der Waals surface area contributed by atoms with E-state index in [-0.39, 0.29) is 5.78 Å². The molecule has 0 radical (unpaired) electrons. The third-order valence-electron chi connectivity index (χ3n) is 3.60. The van der Waals surface area contributed by atoms with Gasteiger partial charge in [-0.15, -0.1) is 0 Å².